The second-order valence-corrected chi connectivity index (χ2v) is 3.71. The molecule has 1 aromatic carbocycles. The molecule has 0 nitrogen and oxygen atoms in total. The van der Waals surface area contributed by atoms with Crippen molar-refractivity contribution >= 4 is 0 Å². The maximum atomic E-state index is 4.14. The lowest BCUT2D eigenvalue weighted by molar-refractivity contribution is 0.562. The number of rotatable bonds is 0. The zero-order valence-corrected chi connectivity index (χ0v) is 7.42. The normalized spacial score (nSPS) is 18.4. The lowest BCUT2D eigenvalue weighted by Gasteiger charge is -2.03. The Hall–Kier alpha value is -0.780. The monoisotopic (exact) mass is 159 g/mol. The van der Waals surface area contributed by atoms with Crippen molar-refractivity contribution < 1.29 is 0 Å². The Morgan fingerprint density at radius 3 is 2.00 bits per heavy atom. The van der Waals surface area contributed by atoms with Crippen LogP contribution in [0.15, 0.2) is 24.3 Å². The second-order valence-electron chi connectivity index (χ2n) is 3.71. The maximum absolute atomic E-state index is 4.14. The van der Waals surface area contributed by atoms with Gasteiger partial charge in [-0.25, -0.2) is 0 Å². The number of hydrogen-bond acceptors (Lipinski definition) is 0. The Morgan fingerprint density at radius 2 is 1.50 bits per heavy atom. The lowest BCUT2D eigenvalue weighted by Crippen LogP contribution is -1.93. The van der Waals surface area contributed by atoms with Crippen LogP contribution < -0.4 is 0 Å². The van der Waals surface area contributed by atoms with Gasteiger partial charge in [0.2, 0.25) is 0 Å². The van der Waals surface area contributed by atoms with E-state index in [4.69, 9.17) is 0 Å². The summed E-state index contributed by atoms with van der Waals surface area (Å²) in [5, 5.41) is 0. The Balaban J connectivity index is 2.26. The van der Waals surface area contributed by atoms with Crippen LogP contribution >= 0.6 is 0 Å². The summed E-state index contributed by atoms with van der Waals surface area (Å²) in [6.45, 7) is 4.14. The molecule has 0 saturated heterocycles. The van der Waals surface area contributed by atoms with Gasteiger partial charge in [0.05, 0.1) is 0 Å². The molecule has 1 aliphatic rings. The van der Waals surface area contributed by atoms with Crippen LogP contribution in [0.4, 0.5) is 0 Å². The molecule has 0 aromatic heterocycles. The molecule has 0 N–H and O–H groups in total. The van der Waals surface area contributed by atoms with Crippen LogP contribution in [0.25, 0.3) is 0 Å². The first-order valence-corrected chi connectivity index (χ1v) is 4.76. The van der Waals surface area contributed by atoms with Crippen LogP contribution in [-0.2, 0) is 12.8 Å². The molecule has 12 heavy (non-hydrogen) atoms. The predicted octanol–water partition coefficient (Wildman–Crippen LogP) is 3.02. The van der Waals surface area contributed by atoms with Crippen LogP contribution in [0.2, 0.25) is 0 Å². The SMILES string of the molecule is [CH2]C1CCc2ccccc2CC1. The topological polar surface area (TPSA) is 0 Å². The van der Waals surface area contributed by atoms with Crippen LogP contribution in [0.1, 0.15) is 24.0 Å². The van der Waals surface area contributed by atoms with E-state index in [1.807, 2.05) is 0 Å². The maximum Gasteiger partial charge on any atom is -0.0274 e. The van der Waals surface area contributed by atoms with Crippen LogP contribution in [0.5, 0.6) is 0 Å². The smallest absolute Gasteiger partial charge is 0.0274 e. The van der Waals surface area contributed by atoms with Gasteiger partial charge in [-0.2, -0.15) is 0 Å². The van der Waals surface area contributed by atoms with E-state index < -0.39 is 0 Å². The molecule has 2 rings (SSSR count). The Labute approximate surface area is 74.6 Å². The highest BCUT2D eigenvalue weighted by atomic mass is 14.2. The van der Waals surface area contributed by atoms with Gasteiger partial charge in [0.15, 0.2) is 0 Å². The molecular weight excluding hydrogens is 144 g/mol. The number of benzene rings is 1. The molecule has 0 aliphatic heterocycles. The summed E-state index contributed by atoms with van der Waals surface area (Å²) in [7, 11) is 0. The molecule has 1 aliphatic carbocycles. The first-order valence-electron chi connectivity index (χ1n) is 4.76. The molecular formula is C12H15. The van der Waals surface area contributed by atoms with Crippen molar-refractivity contribution in [3.8, 4) is 0 Å². The summed E-state index contributed by atoms with van der Waals surface area (Å²) in [4.78, 5) is 0. The fraction of sp³-hybridized carbons (Fsp3) is 0.417. The highest BCUT2D eigenvalue weighted by molar-refractivity contribution is 5.28. The molecule has 1 radical (unpaired) electrons. The van der Waals surface area contributed by atoms with Crippen LogP contribution in [-0.4, -0.2) is 0 Å². The van der Waals surface area contributed by atoms with Crippen molar-refractivity contribution in [3.05, 3.63) is 42.3 Å². The average molecular weight is 159 g/mol. The highest BCUT2D eigenvalue weighted by Gasteiger charge is 2.11. The number of aryl methyl sites for hydroxylation is 2. The lowest BCUT2D eigenvalue weighted by atomic mass is 10.0. The Morgan fingerprint density at radius 1 is 1.00 bits per heavy atom. The first kappa shape index (κ1) is 7.85. The fourth-order valence-corrected chi connectivity index (χ4v) is 1.91. The summed E-state index contributed by atoms with van der Waals surface area (Å²) in [6.07, 6.45) is 4.97. The van der Waals surface area contributed by atoms with Gasteiger partial charge < -0.3 is 0 Å². The number of fused-ring (bicyclic) bond motifs is 1. The second kappa shape index (κ2) is 3.30. The van der Waals surface area contributed by atoms with E-state index in [1.165, 1.54) is 25.7 Å². The third-order valence-corrected chi connectivity index (χ3v) is 2.76. The molecule has 0 heteroatoms. The summed E-state index contributed by atoms with van der Waals surface area (Å²) in [5.74, 6) is 0.664. The zero-order valence-electron chi connectivity index (χ0n) is 7.42. The van der Waals surface area contributed by atoms with Gasteiger partial charge in [-0.05, 0) is 42.7 Å². The molecule has 1 aromatic rings. The fourth-order valence-electron chi connectivity index (χ4n) is 1.91. The van der Waals surface area contributed by atoms with Gasteiger partial charge in [0, 0.05) is 0 Å². The molecule has 0 amide bonds. The van der Waals surface area contributed by atoms with Gasteiger partial charge in [0.1, 0.15) is 0 Å². The van der Waals surface area contributed by atoms with Crippen molar-refractivity contribution in [1.29, 1.82) is 0 Å². The Kier molecular flexibility index (Phi) is 2.16. The van der Waals surface area contributed by atoms with Crippen molar-refractivity contribution in [1.82, 2.24) is 0 Å². The van der Waals surface area contributed by atoms with E-state index in [9.17, 15) is 0 Å². The molecule has 0 bridgehead atoms. The van der Waals surface area contributed by atoms with E-state index in [0.29, 0.717) is 5.92 Å². The van der Waals surface area contributed by atoms with Gasteiger partial charge in [-0.1, -0.05) is 31.2 Å². The van der Waals surface area contributed by atoms with Gasteiger partial charge in [-0.3, -0.25) is 0 Å². The highest BCUT2D eigenvalue weighted by Crippen LogP contribution is 2.23. The van der Waals surface area contributed by atoms with E-state index in [0.717, 1.165) is 0 Å². The minimum absolute atomic E-state index is 0.664. The number of hydrogen-bond donors (Lipinski definition) is 0. The third-order valence-electron chi connectivity index (χ3n) is 2.76. The van der Waals surface area contributed by atoms with Crippen LogP contribution in [0, 0.1) is 12.8 Å². The van der Waals surface area contributed by atoms with E-state index in [-0.39, 0.29) is 0 Å². The van der Waals surface area contributed by atoms with Gasteiger partial charge in [0.25, 0.3) is 0 Å². The van der Waals surface area contributed by atoms with Crippen molar-refractivity contribution in [2.75, 3.05) is 0 Å². The average Bonchev–Trinajstić information content (AvgIpc) is 2.29. The van der Waals surface area contributed by atoms with Crippen molar-refractivity contribution in [2.45, 2.75) is 25.7 Å². The minimum Gasteiger partial charge on any atom is -0.0620 e. The molecule has 0 spiro atoms. The van der Waals surface area contributed by atoms with Gasteiger partial charge >= 0.3 is 0 Å². The van der Waals surface area contributed by atoms with Crippen molar-refractivity contribution in [3.63, 3.8) is 0 Å². The molecule has 0 saturated carbocycles. The molecule has 0 atom stereocenters. The molecule has 63 valence electrons. The van der Waals surface area contributed by atoms with Crippen molar-refractivity contribution in [2.24, 2.45) is 5.92 Å². The Bertz CT molecular complexity index is 235. The quantitative estimate of drug-likeness (QED) is 0.510. The third kappa shape index (κ3) is 1.52. The standard InChI is InChI=1S/C12H15/c1-10-6-8-11-4-2-3-5-12(11)9-7-10/h2-5,10H,1,6-9H2. The molecule has 0 fully saturated rings. The largest absolute Gasteiger partial charge is 0.0620 e. The minimum atomic E-state index is 0.664. The zero-order chi connectivity index (χ0) is 8.39. The van der Waals surface area contributed by atoms with Crippen LogP contribution in [0.3, 0.4) is 0 Å². The first-order chi connectivity index (χ1) is 5.86. The van der Waals surface area contributed by atoms with Gasteiger partial charge in [-0.15, -0.1) is 0 Å². The van der Waals surface area contributed by atoms with E-state index >= 15 is 0 Å². The molecule has 0 unspecified atom stereocenters. The summed E-state index contributed by atoms with van der Waals surface area (Å²) in [5.41, 5.74) is 3.09. The summed E-state index contributed by atoms with van der Waals surface area (Å²) < 4.78 is 0. The summed E-state index contributed by atoms with van der Waals surface area (Å²) in [6, 6.07) is 8.80. The predicted molar refractivity (Wildman–Crippen MR) is 51.9 cm³/mol. The molecule has 0 heterocycles. The van der Waals surface area contributed by atoms with E-state index in [2.05, 4.69) is 31.2 Å². The summed E-state index contributed by atoms with van der Waals surface area (Å²) >= 11 is 0. The van der Waals surface area contributed by atoms with E-state index in [1.54, 1.807) is 11.1 Å².